The zero-order valence-electron chi connectivity index (χ0n) is 13.2. The van der Waals surface area contributed by atoms with E-state index in [4.69, 9.17) is 0 Å². The minimum atomic E-state index is -4.12. The highest BCUT2D eigenvalue weighted by molar-refractivity contribution is 5.64. The van der Waals surface area contributed by atoms with Crippen LogP contribution in [0, 0.1) is 0 Å². The van der Waals surface area contributed by atoms with Crippen molar-refractivity contribution in [3.63, 3.8) is 0 Å². The molecule has 3 rings (SSSR count). The first-order chi connectivity index (χ1) is 10.8. The lowest BCUT2D eigenvalue weighted by Gasteiger charge is -2.37. The predicted octanol–water partition coefficient (Wildman–Crippen LogP) is 2.70. The second-order valence-electron chi connectivity index (χ2n) is 6.15. The van der Waals surface area contributed by atoms with Crippen molar-refractivity contribution in [3.8, 4) is 0 Å². The molecule has 1 fully saturated rings. The number of halogens is 3. The second-order valence-corrected chi connectivity index (χ2v) is 6.15. The molecule has 2 aliphatic rings. The molecule has 4 nitrogen and oxygen atoms in total. The summed E-state index contributed by atoms with van der Waals surface area (Å²) in [6.07, 6.45) is -4.12. The molecular formula is C16H21F3N4. The minimum Gasteiger partial charge on any atom is -0.369 e. The largest absolute Gasteiger partial charge is 0.401 e. The first-order valence-electron chi connectivity index (χ1n) is 7.66. The highest BCUT2D eigenvalue weighted by Crippen LogP contribution is 2.30. The molecule has 1 N–H and O–H groups in total. The van der Waals surface area contributed by atoms with Crippen LogP contribution in [0.2, 0.25) is 0 Å². The van der Waals surface area contributed by atoms with Gasteiger partial charge in [0.25, 0.3) is 0 Å². The summed E-state index contributed by atoms with van der Waals surface area (Å²) in [4.78, 5) is 5.65. The Kier molecular flexibility index (Phi) is 4.14. The molecule has 2 aliphatic heterocycles. The number of benzene rings is 1. The van der Waals surface area contributed by atoms with Crippen molar-refractivity contribution in [2.45, 2.75) is 12.7 Å². The van der Waals surface area contributed by atoms with E-state index in [1.165, 1.54) is 10.5 Å². The summed E-state index contributed by atoms with van der Waals surface area (Å²) < 4.78 is 37.3. The van der Waals surface area contributed by atoms with Crippen molar-refractivity contribution in [2.24, 2.45) is 0 Å². The van der Waals surface area contributed by atoms with Crippen LogP contribution in [-0.4, -0.2) is 55.7 Å². The molecule has 0 bridgehead atoms. The molecule has 0 saturated carbocycles. The van der Waals surface area contributed by atoms with Gasteiger partial charge in [-0.05, 0) is 23.8 Å². The van der Waals surface area contributed by atoms with E-state index >= 15 is 0 Å². The van der Waals surface area contributed by atoms with Crippen molar-refractivity contribution < 1.29 is 13.2 Å². The van der Waals surface area contributed by atoms with Gasteiger partial charge < -0.3 is 15.1 Å². The van der Waals surface area contributed by atoms with Crippen LogP contribution in [0.3, 0.4) is 0 Å². The molecule has 0 aromatic heterocycles. The SMILES string of the molecule is C=C1Nc2ccc(N3CCN(CC(F)(F)F)CC3)cc2CN1C. The summed E-state index contributed by atoms with van der Waals surface area (Å²) in [5.74, 6) is 0.867. The van der Waals surface area contributed by atoms with Crippen LogP contribution in [0.1, 0.15) is 5.56 Å². The molecule has 0 spiro atoms. The Morgan fingerprint density at radius 3 is 2.52 bits per heavy atom. The molecule has 0 radical (unpaired) electrons. The number of alkyl halides is 3. The van der Waals surface area contributed by atoms with Crippen LogP contribution in [0.5, 0.6) is 0 Å². The monoisotopic (exact) mass is 326 g/mol. The van der Waals surface area contributed by atoms with E-state index in [1.807, 2.05) is 24.1 Å². The van der Waals surface area contributed by atoms with E-state index in [9.17, 15) is 13.2 Å². The molecule has 126 valence electrons. The second kappa shape index (κ2) is 5.96. The van der Waals surface area contributed by atoms with Gasteiger partial charge in [0.1, 0.15) is 0 Å². The van der Waals surface area contributed by atoms with Gasteiger partial charge in [-0.15, -0.1) is 0 Å². The van der Waals surface area contributed by atoms with Crippen molar-refractivity contribution in [2.75, 3.05) is 50.0 Å². The molecule has 1 saturated heterocycles. The first-order valence-corrected chi connectivity index (χ1v) is 7.66. The highest BCUT2D eigenvalue weighted by Gasteiger charge is 2.32. The Balaban J connectivity index is 1.65. The van der Waals surface area contributed by atoms with Gasteiger partial charge in [-0.3, -0.25) is 4.90 Å². The molecule has 1 aromatic carbocycles. The molecular weight excluding hydrogens is 305 g/mol. The van der Waals surface area contributed by atoms with Gasteiger partial charge >= 0.3 is 6.18 Å². The number of hydrogen-bond donors (Lipinski definition) is 1. The van der Waals surface area contributed by atoms with Crippen LogP contribution in [0.15, 0.2) is 30.6 Å². The summed E-state index contributed by atoms with van der Waals surface area (Å²) in [6, 6.07) is 6.15. The fourth-order valence-corrected chi connectivity index (χ4v) is 3.05. The Labute approximate surface area is 134 Å². The van der Waals surface area contributed by atoms with E-state index in [2.05, 4.69) is 22.9 Å². The number of nitrogens with zero attached hydrogens (tertiary/aromatic N) is 3. The van der Waals surface area contributed by atoms with Gasteiger partial charge in [0.15, 0.2) is 0 Å². The number of nitrogens with one attached hydrogen (secondary N) is 1. The lowest BCUT2D eigenvalue weighted by molar-refractivity contribution is -0.146. The molecule has 0 unspecified atom stereocenters. The topological polar surface area (TPSA) is 21.8 Å². The maximum atomic E-state index is 12.4. The van der Waals surface area contributed by atoms with Gasteiger partial charge in [0, 0.05) is 51.1 Å². The molecule has 0 aliphatic carbocycles. The van der Waals surface area contributed by atoms with Gasteiger partial charge in [-0.2, -0.15) is 13.2 Å². The van der Waals surface area contributed by atoms with Crippen molar-refractivity contribution in [3.05, 3.63) is 36.2 Å². The fourth-order valence-electron chi connectivity index (χ4n) is 3.05. The third kappa shape index (κ3) is 3.72. The van der Waals surface area contributed by atoms with Crippen LogP contribution in [-0.2, 0) is 6.54 Å². The first kappa shape index (κ1) is 16.0. The van der Waals surface area contributed by atoms with Gasteiger partial charge in [0.05, 0.1) is 12.4 Å². The summed E-state index contributed by atoms with van der Waals surface area (Å²) in [6.45, 7) is 6.02. The lowest BCUT2D eigenvalue weighted by Crippen LogP contribution is -2.49. The van der Waals surface area contributed by atoms with Crippen LogP contribution >= 0.6 is 0 Å². The van der Waals surface area contributed by atoms with E-state index in [0.29, 0.717) is 26.2 Å². The molecule has 0 amide bonds. The van der Waals surface area contributed by atoms with Crippen molar-refractivity contribution >= 4 is 11.4 Å². The average Bonchev–Trinajstić information content (AvgIpc) is 2.47. The number of piperazine rings is 1. The molecule has 7 heteroatoms. The third-order valence-corrected chi connectivity index (χ3v) is 4.38. The number of hydrogen-bond acceptors (Lipinski definition) is 4. The zero-order chi connectivity index (χ0) is 16.6. The number of rotatable bonds is 2. The maximum absolute atomic E-state index is 12.4. The Hall–Kier alpha value is -1.89. The molecule has 23 heavy (non-hydrogen) atoms. The summed E-state index contributed by atoms with van der Waals surface area (Å²) in [5.41, 5.74) is 3.29. The van der Waals surface area contributed by atoms with Gasteiger partial charge in [-0.25, -0.2) is 0 Å². The molecule has 0 atom stereocenters. The Bertz CT molecular complexity index is 591. The number of fused-ring (bicyclic) bond motifs is 1. The Morgan fingerprint density at radius 1 is 1.17 bits per heavy atom. The van der Waals surface area contributed by atoms with Gasteiger partial charge in [0.2, 0.25) is 0 Å². The van der Waals surface area contributed by atoms with Crippen molar-refractivity contribution in [1.29, 1.82) is 0 Å². The smallest absolute Gasteiger partial charge is 0.369 e. The lowest BCUT2D eigenvalue weighted by atomic mass is 10.1. The molecule has 2 heterocycles. The van der Waals surface area contributed by atoms with Crippen molar-refractivity contribution in [1.82, 2.24) is 9.80 Å². The van der Waals surface area contributed by atoms with Crippen LogP contribution < -0.4 is 10.2 Å². The molecule has 1 aromatic rings. The van der Waals surface area contributed by atoms with E-state index in [1.54, 1.807) is 0 Å². The summed E-state index contributed by atoms with van der Waals surface area (Å²) in [7, 11) is 1.97. The van der Waals surface area contributed by atoms with Crippen LogP contribution in [0.25, 0.3) is 0 Å². The maximum Gasteiger partial charge on any atom is 0.401 e. The summed E-state index contributed by atoms with van der Waals surface area (Å²) in [5, 5.41) is 3.25. The van der Waals surface area contributed by atoms with E-state index in [0.717, 1.165) is 23.7 Å². The standard InChI is InChI=1S/C16H21F3N4/c1-12-20-15-4-3-14(9-13(15)10-21(12)2)23-7-5-22(6-8-23)11-16(17,18)19/h3-4,9,20H,1,5-8,10-11H2,2H3. The van der Waals surface area contributed by atoms with E-state index < -0.39 is 12.7 Å². The van der Waals surface area contributed by atoms with Gasteiger partial charge in [-0.1, -0.05) is 6.58 Å². The normalized spacial score (nSPS) is 19.6. The fraction of sp³-hybridized carbons (Fsp3) is 0.500. The van der Waals surface area contributed by atoms with E-state index in [-0.39, 0.29) is 0 Å². The Morgan fingerprint density at radius 2 is 1.87 bits per heavy atom. The zero-order valence-corrected chi connectivity index (χ0v) is 13.2. The predicted molar refractivity (Wildman–Crippen MR) is 85.4 cm³/mol. The summed E-state index contributed by atoms with van der Waals surface area (Å²) >= 11 is 0. The third-order valence-electron chi connectivity index (χ3n) is 4.38. The highest BCUT2D eigenvalue weighted by atomic mass is 19.4. The van der Waals surface area contributed by atoms with Crippen LogP contribution in [0.4, 0.5) is 24.5 Å². The quantitative estimate of drug-likeness (QED) is 0.902. The minimum absolute atomic E-state index is 0.436. The average molecular weight is 326 g/mol. The number of anilines is 2.